The van der Waals surface area contributed by atoms with E-state index < -0.39 is 114 Å². The lowest BCUT2D eigenvalue weighted by Crippen LogP contribution is -2.68. The number of rotatable bonds is 5. The summed E-state index contributed by atoms with van der Waals surface area (Å²) in [5, 5.41) is 87.2. The van der Waals surface area contributed by atoms with E-state index in [0.717, 1.165) is 18.4 Å². The molecular weight excluding hydrogens is 728 g/mol. The van der Waals surface area contributed by atoms with Gasteiger partial charge in [-0.15, -0.1) is 0 Å². The highest BCUT2D eigenvalue weighted by Crippen LogP contribution is 2.75. The molecule has 318 valence electrons. The number of hydrogen-bond donors (Lipinski definition) is 8. The number of hydrogen-bond acceptors (Lipinski definition) is 14. The first-order valence-electron chi connectivity index (χ1n) is 20.7. The van der Waals surface area contributed by atoms with Crippen LogP contribution in [0.25, 0.3) is 0 Å². The number of carbonyl (C=O) groups excluding carboxylic acids is 2. The fourth-order valence-electron chi connectivity index (χ4n) is 13.4. The zero-order valence-corrected chi connectivity index (χ0v) is 34.1. The molecule has 8 N–H and O–H groups in total. The van der Waals surface area contributed by atoms with E-state index in [2.05, 4.69) is 26.8 Å². The summed E-state index contributed by atoms with van der Waals surface area (Å²) < 4.78 is 23.2. The fraction of sp³-hybridized carbons (Fsp3) is 0.905. The molecule has 4 saturated carbocycles. The maximum absolute atomic E-state index is 14.8. The number of ketones is 1. The van der Waals surface area contributed by atoms with Gasteiger partial charge in [0.1, 0.15) is 48.8 Å². The molecule has 7 rings (SSSR count). The summed E-state index contributed by atoms with van der Waals surface area (Å²) in [5.74, 6) is -1.14. The predicted molar refractivity (Wildman–Crippen MR) is 198 cm³/mol. The highest BCUT2D eigenvalue weighted by molar-refractivity contribution is 5.89. The van der Waals surface area contributed by atoms with Crippen LogP contribution in [0.1, 0.15) is 107 Å². The molecule has 56 heavy (non-hydrogen) atoms. The number of aliphatic hydroxyl groups excluding tert-OH is 8. The molecule has 7 aliphatic rings. The topological polar surface area (TPSA) is 233 Å². The van der Waals surface area contributed by atoms with Gasteiger partial charge in [-0.05, 0) is 91.8 Å². The summed E-state index contributed by atoms with van der Waals surface area (Å²) >= 11 is 0. The molecule has 0 aromatic carbocycles. The zero-order chi connectivity index (χ0) is 41.3. The number of aliphatic hydroxyl groups is 8. The Morgan fingerprint density at radius 3 is 2.11 bits per heavy atom. The molecule has 0 bridgehead atoms. The van der Waals surface area contributed by atoms with Crippen molar-refractivity contribution in [3.63, 3.8) is 0 Å². The van der Waals surface area contributed by atoms with Gasteiger partial charge in [0.05, 0.1) is 24.2 Å². The van der Waals surface area contributed by atoms with Gasteiger partial charge in [-0.1, -0.05) is 60.1 Å². The van der Waals surface area contributed by atoms with Gasteiger partial charge in [0.15, 0.2) is 12.1 Å². The van der Waals surface area contributed by atoms with E-state index >= 15 is 0 Å². The SMILES string of the molecule is C[C@@H]1O[C@@H](O[C@H]2[C@H](O)[C@@H](O)[C@H](OC(=O)[C@]34CCC(C)(C)[C@@H](O)C3C3=CC[C@@H]5[C@@]6(C)C[C@@H](O)C(=O)C(C)(C)C6CC[C@@]5(C)[C@]3(C)CC4)O[C@@H]2CO)[C@H](O)[C@H](O)[C@H]1O. The minimum atomic E-state index is -1.85. The Morgan fingerprint density at radius 1 is 0.804 bits per heavy atom. The van der Waals surface area contributed by atoms with Crippen molar-refractivity contribution in [3.05, 3.63) is 11.6 Å². The molecule has 0 aromatic heterocycles. The first-order valence-corrected chi connectivity index (χ1v) is 20.7. The number of ether oxygens (including phenoxy) is 4. The average molecular weight is 795 g/mol. The van der Waals surface area contributed by atoms with Crippen molar-refractivity contribution >= 4 is 11.8 Å². The van der Waals surface area contributed by atoms with Gasteiger partial charge < -0.3 is 59.8 Å². The van der Waals surface area contributed by atoms with Crippen LogP contribution in [0.15, 0.2) is 11.6 Å². The van der Waals surface area contributed by atoms with Gasteiger partial charge in [0.2, 0.25) is 6.29 Å². The van der Waals surface area contributed by atoms with Crippen LogP contribution in [0.2, 0.25) is 0 Å². The van der Waals surface area contributed by atoms with E-state index in [1.165, 1.54) is 6.92 Å². The van der Waals surface area contributed by atoms with Crippen LogP contribution in [-0.2, 0) is 28.5 Å². The molecule has 19 atom stereocenters. The highest BCUT2D eigenvalue weighted by Gasteiger charge is 2.71. The third kappa shape index (κ3) is 5.89. The lowest BCUT2D eigenvalue weighted by Gasteiger charge is -2.71. The Bertz CT molecular complexity index is 1580. The smallest absolute Gasteiger partial charge is 0.315 e. The molecule has 2 saturated heterocycles. The standard InChI is InChI=1S/C42H66O14/c1-19-26(45)27(46)29(48)34(53-19)55-31-22(18-43)54-35(30(49)28(31)47)56-36(52)42-15-13-37(2,3)33(51)25(42)20-9-10-24-39(6)17-21(44)32(50)38(4,5)23(39)11-12-41(24,8)40(20,7)14-16-42/h9,19,21-31,33-35,43-49,51H,10-18H2,1-8H3/t19-,21+,22+,23?,24+,25?,26-,27+,28+,29+,30+,31+,33-,34-,35-,39-,40+,41+,42-/m0/s1. The summed E-state index contributed by atoms with van der Waals surface area (Å²) in [4.78, 5) is 28.1. The summed E-state index contributed by atoms with van der Waals surface area (Å²) in [6.07, 6.45) is -10.4. The molecule has 0 spiro atoms. The van der Waals surface area contributed by atoms with Gasteiger partial charge in [-0.2, -0.15) is 0 Å². The molecule has 14 heteroatoms. The Balaban J connectivity index is 1.17. The second-order valence-electron chi connectivity index (χ2n) is 20.6. The average Bonchev–Trinajstić information content (AvgIpc) is 3.13. The van der Waals surface area contributed by atoms with E-state index in [0.29, 0.717) is 38.5 Å². The van der Waals surface area contributed by atoms with Crippen molar-refractivity contribution in [2.75, 3.05) is 6.61 Å². The van der Waals surface area contributed by atoms with Crippen molar-refractivity contribution in [2.24, 2.45) is 50.2 Å². The maximum Gasteiger partial charge on any atom is 0.315 e. The normalized spacial score (nSPS) is 53.8. The quantitative estimate of drug-likeness (QED) is 0.146. The molecule has 2 heterocycles. The van der Waals surface area contributed by atoms with E-state index in [4.69, 9.17) is 18.9 Å². The third-order valence-electron chi connectivity index (χ3n) is 17.1. The van der Waals surface area contributed by atoms with Crippen LogP contribution >= 0.6 is 0 Å². The highest BCUT2D eigenvalue weighted by atomic mass is 16.7. The minimum absolute atomic E-state index is 0.0875. The summed E-state index contributed by atoms with van der Waals surface area (Å²) in [5.41, 5.74) is -2.38. The van der Waals surface area contributed by atoms with Crippen LogP contribution in [0, 0.1) is 50.2 Å². The van der Waals surface area contributed by atoms with Crippen molar-refractivity contribution < 1.29 is 69.4 Å². The molecule has 6 fully saturated rings. The molecule has 2 aliphatic heterocycles. The first kappa shape index (κ1) is 42.6. The van der Waals surface area contributed by atoms with E-state index in [1.54, 1.807) is 0 Å². The minimum Gasteiger partial charge on any atom is -0.432 e. The van der Waals surface area contributed by atoms with E-state index in [1.807, 2.05) is 27.7 Å². The van der Waals surface area contributed by atoms with Crippen molar-refractivity contribution in [1.29, 1.82) is 0 Å². The number of carbonyl (C=O) groups is 2. The fourth-order valence-corrected chi connectivity index (χ4v) is 13.4. The molecule has 14 nitrogen and oxygen atoms in total. The largest absolute Gasteiger partial charge is 0.432 e. The molecular formula is C42H66O14. The monoisotopic (exact) mass is 794 g/mol. The van der Waals surface area contributed by atoms with E-state index in [-0.39, 0.29) is 28.4 Å². The van der Waals surface area contributed by atoms with Crippen LogP contribution in [0.3, 0.4) is 0 Å². The Labute approximate surface area is 329 Å². The zero-order valence-electron chi connectivity index (χ0n) is 34.1. The molecule has 0 aromatic rings. The molecule has 5 aliphatic carbocycles. The Hall–Kier alpha value is -1.56. The number of Topliss-reactive ketones (excluding diaryl/α,β-unsaturated/α-hetero) is 1. The van der Waals surface area contributed by atoms with Crippen LogP contribution in [0.5, 0.6) is 0 Å². The summed E-state index contributed by atoms with van der Waals surface area (Å²) in [6, 6.07) is 0. The van der Waals surface area contributed by atoms with Gasteiger partial charge in [0.25, 0.3) is 0 Å². The van der Waals surface area contributed by atoms with Crippen LogP contribution in [0.4, 0.5) is 0 Å². The third-order valence-corrected chi connectivity index (χ3v) is 17.1. The van der Waals surface area contributed by atoms with Crippen LogP contribution in [-0.4, -0.2) is 133 Å². The second kappa shape index (κ2) is 14.0. The van der Waals surface area contributed by atoms with Gasteiger partial charge in [0, 0.05) is 11.3 Å². The summed E-state index contributed by atoms with van der Waals surface area (Å²) in [7, 11) is 0. The van der Waals surface area contributed by atoms with Gasteiger partial charge >= 0.3 is 5.97 Å². The molecule has 2 unspecified atom stereocenters. The molecule has 0 radical (unpaired) electrons. The number of esters is 1. The Morgan fingerprint density at radius 2 is 1.45 bits per heavy atom. The van der Waals surface area contributed by atoms with E-state index in [9.17, 15) is 50.4 Å². The van der Waals surface area contributed by atoms with Gasteiger partial charge in [-0.25, -0.2) is 0 Å². The lowest BCUT2D eigenvalue weighted by molar-refractivity contribution is -0.354. The lowest BCUT2D eigenvalue weighted by atomic mass is 9.33. The summed E-state index contributed by atoms with van der Waals surface area (Å²) in [6.45, 7) is 15.5. The number of allylic oxidation sites excluding steroid dienone is 1. The van der Waals surface area contributed by atoms with Crippen molar-refractivity contribution in [3.8, 4) is 0 Å². The molecule has 0 amide bonds. The van der Waals surface area contributed by atoms with Crippen molar-refractivity contribution in [2.45, 2.75) is 180 Å². The Kier molecular flexibility index (Phi) is 10.6. The maximum atomic E-state index is 14.8. The van der Waals surface area contributed by atoms with Crippen molar-refractivity contribution in [1.82, 2.24) is 0 Å². The second-order valence-corrected chi connectivity index (χ2v) is 20.6. The van der Waals surface area contributed by atoms with Gasteiger partial charge in [-0.3, -0.25) is 9.59 Å². The first-order chi connectivity index (χ1) is 25.9. The van der Waals surface area contributed by atoms with Crippen LogP contribution < -0.4 is 0 Å². The number of fused-ring (bicyclic) bond motifs is 7. The predicted octanol–water partition coefficient (Wildman–Crippen LogP) is 1.49.